The molecule has 0 amide bonds. The van der Waals surface area contributed by atoms with E-state index in [1.807, 2.05) is 12.3 Å². The van der Waals surface area contributed by atoms with Crippen LogP contribution in [0.3, 0.4) is 0 Å². The number of pyridine rings is 1. The number of aromatic nitrogens is 1. The van der Waals surface area contributed by atoms with Gasteiger partial charge >= 0.3 is 0 Å². The zero-order chi connectivity index (χ0) is 14.1. The van der Waals surface area contributed by atoms with Crippen LogP contribution in [0.5, 0.6) is 0 Å². The van der Waals surface area contributed by atoms with Gasteiger partial charge in [0.25, 0.3) is 0 Å². The molecule has 1 aromatic rings. The van der Waals surface area contributed by atoms with Gasteiger partial charge in [-0.3, -0.25) is 4.98 Å². The average molecular weight is 263 g/mol. The summed E-state index contributed by atoms with van der Waals surface area (Å²) in [5, 5.41) is 3.61. The van der Waals surface area contributed by atoms with Gasteiger partial charge in [0.15, 0.2) is 0 Å². The van der Waals surface area contributed by atoms with Crippen molar-refractivity contribution >= 4 is 0 Å². The van der Waals surface area contributed by atoms with Crippen molar-refractivity contribution in [3.05, 3.63) is 30.1 Å². The number of rotatable bonds is 9. The minimum atomic E-state index is 0.558. The molecule has 0 bridgehead atoms. The van der Waals surface area contributed by atoms with Crippen LogP contribution in [0.25, 0.3) is 0 Å². The fraction of sp³-hybridized carbons (Fsp3) is 0.688. The molecule has 19 heavy (non-hydrogen) atoms. The van der Waals surface area contributed by atoms with E-state index < -0.39 is 0 Å². The highest BCUT2D eigenvalue weighted by atomic mass is 15.1. The summed E-state index contributed by atoms with van der Waals surface area (Å²) < 4.78 is 0. The molecule has 0 aliphatic heterocycles. The Labute approximate surface area is 118 Å². The van der Waals surface area contributed by atoms with Crippen molar-refractivity contribution < 1.29 is 0 Å². The molecule has 0 radical (unpaired) electrons. The fourth-order valence-corrected chi connectivity index (χ4v) is 2.12. The molecular formula is C16H29N3. The zero-order valence-electron chi connectivity index (χ0n) is 12.9. The first-order valence-corrected chi connectivity index (χ1v) is 7.47. The van der Waals surface area contributed by atoms with Gasteiger partial charge in [0.1, 0.15) is 0 Å². The number of hydrogen-bond acceptors (Lipinski definition) is 3. The maximum Gasteiger partial charge on any atom is 0.0416 e. The third-order valence-corrected chi connectivity index (χ3v) is 3.68. The lowest BCUT2D eigenvalue weighted by molar-refractivity contribution is 0.247. The summed E-state index contributed by atoms with van der Waals surface area (Å²) >= 11 is 0. The summed E-state index contributed by atoms with van der Waals surface area (Å²) in [6.07, 6.45) is 5.39. The molecule has 1 rings (SSSR count). The average Bonchev–Trinajstić information content (AvgIpc) is 2.43. The van der Waals surface area contributed by atoms with Crippen LogP contribution in [0.15, 0.2) is 24.4 Å². The number of nitrogens with zero attached hydrogens (tertiary/aromatic N) is 2. The van der Waals surface area contributed by atoms with Crippen LogP contribution in [0, 0.1) is 0 Å². The standard InChI is InChI=1S/C16H29N3/c1-5-8-14(2)18-13-15(3)19(4)12-10-16-9-6-7-11-17-16/h6-7,9,11,14-15,18H,5,8,10,12-13H2,1-4H3. The lowest BCUT2D eigenvalue weighted by Crippen LogP contribution is -2.41. The molecule has 3 heteroatoms. The van der Waals surface area contributed by atoms with E-state index in [9.17, 15) is 0 Å². The van der Waals surface area contributed by atoms with E-state index in [4.69, 9.17) is 0 Å². The van der Waals surface area contributed by atoms with Crippen LogP contribution in [0.4, 0.5) is 0 Å². The molecule has 3 nitrogen and oxygen atoms in total. The summed E-state index contributed by atoms with van der Waals surface area (Å²) in [6.45, 7) is 8.90. The van der Waals surface area contributed by atoms with Crippen LogP contribution < -0.4 is 5.32 Å². The van der Waals surface area contributed by atoms with Crippen LogP contribution >= 0.6 is 0 Å². The molecule has 1 N–H and O–H groups in total. The van der Waals surface area contributed by atoms with Crippen LogP contribution in [0.2, 0.25) is 0 Å². The van der Waals surface area contributed by atoms with E-state index in [-0.39, 0.29) is 0 Å². The van der Waals surface area contributed by atoms with E-state index >= 15 is 0 Å². The molecule has 2 atom stereocenters. The number of likely N-dealkylation sites (N-methyl/N-ethyl adjacent to an activating group) is 1. The van der Waals surface area contributed by atoms with Gasteiger partial charge < -0.3 is 10.2 Å². The van der Waals surface area contributed by atoms with Crippen molar-refractivity contribution in [1.82, 2.24) is 15.2 Å². The second-order valence-electron chi connectivity index (χ2n) is 5.50. The van der Waals surface area contributed by atoms with Gasteiger partial charge in [0.05, 0.1) is 0 Å². The van der Waals surface area contributed by atoms with Gasteiger partial charge in [0, 0.05) is 43.5 Å². The van der Waals surface area contributed by atoms with Crippen LogP contribution in [-0.2, 0) is 6.42 Å². The summed E-state index contributed by atoms with van der Waals surface area (Å²) in [5.41, 5.74) is 1.17. The first-order valence-electron chi connectivity index (χ1n) is 7.47. The van der Waals surface area contributed by atoms with Gasteiger partial charge in [-0.2, -0.15) is 0 Å². The lowest BCUT2D eigenvalue weighted by Gasteiger charge is -2.26. The Kier molecular flexibility index (Phi) is 7.68. The molecule has 1 heterocycles. The van der Waals surface area contributed by atoms with Crippen molar-refractivity contribution in [2.45, 2.75) is 52.1 Å². The largest absolute Gasteiger partial charge is 0.313 e. The highest BCUT2D eigenvalue weighted by Crippen LogP contribution is 2.01. The second kappa shape index (κ2) is 9.05. The van der Waals surface area contributed by atoms with Gasteiger partial charge in [-0.1, -0.05) is 19.4 Å². The van der Waals surface area contributed by atoms with Crippen molar-refractivity contribution in [2.24, 2.45) is 0 Å². The van der Waals surface area contributed by atoms with Gasteiger partial charge in [-0.15, -0.1) is 0 Å². The van der Waals surface area contributed by atoms with Crippen molar-refractivity contribution in [2.75, 3.05) is 20.1 Å². The Morgan fingerprint density at radius 1 is 1.32 bits per heavy atom. The smallest absolute Gasteiger partial charge is 0.0416 e. The Morgan fingerprint density at radius 3 is 2.74 bits per heavy atom. The monoisotopic (exact) mass is 263 g/mol. The van der Waals surface area contributed by atoms with Gasteiger partial charge in [-0.05, 0) is 39.4 Å². The Bertz CT molecular complexity index is 326. The first kappa shape index (κ1) is 16.1. The number of hydrogen-bond donors (Lipinski definition) is 1. The SMILES string of the molecule is CCCC(C)NCC(C)N(C)CCc1ccccn1. The predicted octanol–water partition coefficient (Wildman–Crippen LogP) is 2.72. The Hall–Kier alpha value is -0.930. The van der Waals surface area contributed by atoms with Crippen LogP contribution in [0.1, 0.15) is 39.3 Å². The fourth-order valence-electron chi connectivity index (χ4n) is 2.12. The molecule has 0 saturated carbocycles. The van der Waals surface area contributed by atoms with E-state index in [1.165, 1.54) is 18.5 Å². The quantitative estimate of drug-likeness (QED) is 0.742. The van der Waals surface area contributed by atoms with Gasteiger partial charge in [0.2, 0.25) is 0 Å². The van der Waals surface area contributed by atoms with E-state index in [1.54, 1.807) is 0 Å². The summed E-state index contributed by atoms with van der Waals surface area (Å²) in [7, 11) is 2.19. The molecule has 0 saturated heterocycles. The third-order valence-electron chi connectivity index (χ3n) is 3.68. The second-order valence-corrected chi connectivity index (χ2v) is 5.50. The normalized spacial score (nSPS) is 14.6. The minimum Gasteiger partial charge on any atom is -0.313 e. The summed E-state index contributed by atoms with van der Waals surface area (Å²) in [4.78, 5) is 6.77. The van der Waals surface area contributed by atoms with Crippen molar-refractivity contribution in [3.8, 4) is 0 Å². The first-order chi connectivity index (χ1) is 9.13. The summed E-state index contributed by atoms with van der Waals surface area (Å²) in [5.74, 6) is 0. The Morgan fingerprint density at radius 2 is 2.11 bits per heavy atom. The maximum atomic E-state index is 4.37. The highest BCUT2D eigenvalue weighted by Gasteiger charge is 2.10. The molecule has 1 aromatic heterocycles. The van der Waals surface area contributed by atoms with Crippen molar-refractivity contribution in [3.63, 3.8) is 0 Å². The Balaban J connectivity index is 2.23. The van der Waals surface area contributed by atoms with Gasteiger partial charge in [-0.25, -0.2) is 0 Å². The molecule has 0 spiro atoms. The maximum absolute atomic E-state index is 4.37. The van der Waals surface area contributed by atoms with Crippen molar-refractivity contribution in [1.29, 1.82) is 0 Å². The van der Waals surface area contributed by atoms with E-state index in [0.29, 0.717) is 12.1 Å². The van der Waals surface area contributed by atoms with E-state index in [0.717, 1.165) is 19.5 Å². The molecule has 0 aromatic carbocycles. The molecule has 0 aliphatic rings. The predicted molar refractivity (Wildman–Crippen MR) is 82.4 cm³/mol. The zero-order valence-corrected chi connectivity index (χ0v) is 12.9. The molecule has 0 fully saturated rings. The molecular weight excluding hydrogens is 234 g/mol. The molecule has 2 unspecified atom stereocenters. The molecule has 0 aliphatic carbocycles. The minimum absolute atomic E-state index is 0.558. The highest BCUT2D eigenvalue weighted by molar-refractivity contribution is 5.03. The van der Waals surface area contributed by atoms with E-state index in [2.05, 4.69) is 55.2 Å². The lowest BCUT2D eigenvalue weighted by atomic mass is 10.2. The number of nitrogens with one attached hydrogen (secondary N) is 1. The molecule has 108 valence electrons. The summed E-state index contributed by atoms with van der Waals surface area (Å²) in [6, 6.07) is 7.30. The van der Waals surface area contributed by atoms with Crippen LogP contribution in [-0.4, -0.2) is 42.1 Å². The topological polar surface area (TPSA) is 28.2 Å². The third kappa shape index (κ3) is 6.69.